The number of hydrogen-bond donors (Lipinski definition) is 2. The zero-order valence-electron chi connectivity index (χ0n) is 22.6. The van der Waals surface area contributed by atoms with Crippen LogP contribution in [0.3, 0.4) is 0 Å². The van der Waals surface area contributed by atoms with Crippen LogP contribution in [0.4, 0.5) is 20.3 Å². The summed E-state index contributed by atoms with van der Waals surface area (Å²) in [6, 6.07) is 4.02. The Kier molecular flexibility index (Phi) is 7.58. The molecule has 40 heavy (non-hydrogen) atoms. The predicted octanol–water partition coefficient (Wildman–Crippen LogP) is 4.76. The minimum absolute atomic E-state index is 0.0927. The quantitative estimate of drug-likeness (QED) is 0.291. The second-order valence-corrected chi connectivity index (χ2v) is 9.33. The fourth-order valence-corrected chi connectivity index (χ4v) is 4.57. The molecule has 0 radical (unpaired) electrons. The lowest BCUT2D eigenvalue weighted by Crippen LogP contribution is -2.19. The van der Waals surface area contributed by atoms with E-state index in [1.165, 1.54) is 38.7 Å². The molecule has 3 heterocycles. The number of nitrogens with one attached hydrogen (secondary N) is 2. The highest BCUT2D eigenvalue weighted by Crippen LogP contribution is 2.44. The molecule has 1 aliphatic carbocycles. The van der Waals surface area contributed by atoms with Crippen LogP contribution in [0, 0.1) is 18.6 Å². The molecule has 0 saturated heterocycles. The van der Waals surface area contributed by atoms with E-state index in [-0.39, 0.29) is 29.7 Å². The van der Waals surface area contributed by atoms with Gasteiger partial charge < -0.3 is 20.1 Å². The van der Waals surface area contributed by atoms with Crippen LogP contribution in [0.15, 0.2) is 36.8 Å². The first kappa shape index (κ1) is 27.0. The molecule has 4 aromatic rings. The Hall–Kier alpha value is -4.61. The van der Waals surface area contributed by atoms with E-state index in [0.717, 1.165) is 24.1 Å². The molecular weight excluding hydrogens is 520 g/mol. The number of methoxy groups -OCH3 is 1. The van der Waals surface area contributed by atoms with Crippen LogP contribution in [0.25, 0.3) is 11.5 Å². The van der Waals surface area contributed by atoms with Crippen LogP contribution >= 0.6 is 0 Å². The topological polar surface area (TPSA) is 116 Å². The van der Waals surface area contributed by atoms with E-state index in [1.807, 2.05) is 6.92 Å². The maximum absolute atomic E-state index is 14.9. The van der Waals surface area contributed by atoms with Gasteiger partial charge in [0.2, 0.25) is 0 Å². The Balaban J connectivity index is 1.53. The lowest BCUT2D eigenvalue weighted by molar-refractivity contribution is 0.0963. The average Bonchev–Trinajstić information content (AvgIpc) is 3.73. The Morgan fingerprint density at radius 2 is 1.95 bits per heavy atom. The maximum atomic E-state index is 14.9. The minimum atomic E-state index is -0.698. The van der Waals surface area contributed by atoms with Crippen molar-refractivity contribution >= 4 is 17.4 Å². The fraction of sp³-hybridized carbons (Fsp3) is 0.321. The van der Waals surface area contributed by atoms with Crippen LogP contribution in [-0.4, -0.2) is 51.4 Å². The third-order valence-corrected chi connectivity index (χ3v) is 6.67. The normalized spacial score (nSPS) is 12.8. The van der Waals surface area contributed by atoms with Gasteiger partial charge in [-0.25, -0.2) is 18.7 Å². The SMILES string of the molecule is CCOc1cc(F)c(Cn2nc(-c3ncc(OC)c(Nc4ccncc4C(=O)NC)n3)c(C)c2C2CC2)c(F)c1. The number of halogens is 2. The van der Waals surface area contributed by atoms with Gasteiger partial charge in [-0.3, -0.25) is 14.5 Å². The average molecular weight is 550 g/mol. The number of carbonyl (C=O) groups excluding carboxylic acids is 1. The second-order valence-electron chi connectivity index (χ2n) is 9.33. The lowest BCUT2D eigenvalue weighted by atomic mass is 10.1. The van der Waals surface area contributed by atoms with Crippen molar-refractivity contribution in [2.45, 2.75) is 39.2 Å². The molecule has 0 unspecified atom stereocenters. The number of amides is 1. The van der Waals surface area contributed by atoms with Gasteiger partial charge in [0.15, 0.2) is 17.4 Å². The summed E-state index contributed by atoms with van der Waals surface area (Å²) in [6.45, 7) is 3.87. The van der Waals surface area contributed by atoms with Gasteiger partial charge in [-0.05, 0) is 32.8 Å². The van der Waals surface area contributed by atoms with E-state index in [1.54, 1.807) is 23.9 Å². The van der Waals surface area contributed by atoms with Gasteiger partial charge in [-0.1, -0.05) is 0 Å². The summed E-state index contributed by atoms with van der Waals surface area (Å²) in [6.07, 6.45) is 6.42. The van der Waals surface area contributed by atoms with Crippen LogP contribution in [0.2, 0.25) is 0 Å². The molecule has 1 amide bonds. The fourth-order valence-electron chi connectivity index (χ4n) is 4.57. The highest BCUT2D eigenvalue weighted by atomic mass is 19.1. The zero-order chi connectivity index (χ0) is 28.4. The summed E-state index contributed by atoms with van der Waals surface area (Å²) in [5.41, 5.74) is 2.91. The molecule has 1 fully saturated rings. The Morgan fingerprint density at radius 1 is 1.20 bits per heavy atom. The number of carbonyl (C=O) groups is 1. The van der Waals surface area contributed by atoms with Crippen molar-refractivity contribution < 1.29 is 23.0 Å². The number of aromatic nitrogens is 5. The van der Waals surface area contributed by atoms with Crippen molar-refractivity contribution in [2.75, 3.05) is 26.1 Å². The smallest absolute Gasteiger partial charge is 0.254 e. The Labute approximate surface area is 229 Å². The first-order valence-electron chi connectivity index (χ1n) is 12.9. The summed E-state index contributed by atoms with van der Waals surface area (Å²) in [5.74, 6) is -0.381. The number of benzene rings is 1. The van der Waals surface area contributed by atoms with E-state index < -0.39 is 11.6 Å². The maximum Gasteiger partial charge on any atom is 0.254 e. The molecule has 10 nitrogen and oxygen atoms in total. The van der Waals surface area contributed by atoms with Crippen LogP contribution in [-0.2, 0) is 6.54 Å². The third-order valence-electron chi connectivity index (χ3n) is 6.67. The largest absolute Gasteiger partial charge is 0.494 e. The van der Waals surface area contributed by atoms with Gasteiger partial charge >= 0.3 is 0 Å². The number of nitrogens with zero attached hydrogens (tertiary/aromatic N) is 5. The van der Waals surface area contributed by atoms with Gasteiger partial charge in [-0.15, -0.1) is 0 Å². The zero-order valence-corrected chi connectivity index (χ0v) is 22.6. The van der Waals surface area contributed by atoms with Gasteiger partial charge in [0.25, 0.3) is 5.91 Å². The van der Waals surface area contributed by atoms with E-state index in [4.69, 9.17) is 14.6 Å². The van der Waals surface area contributed by atoms with Crippen molar-refractivity contribution in [3.8, 4) is 23.0 Å². The molecule has 0 aliphatic heterocycles. The summed E-state index contributed by atoms with van der Waals surface area (Å²) in [4.78, 5) is 25.5. The summed E-state index contributed by atoms with van der Waals surface area (Å²) < 4.78 is 42.2. The molecule has 1 saturated carbocycles. The van der Waals surface area contributed by atoms with Crippen molar-refractivity contribution in [2.24, 2.45) is 0 Å². The molecule has 0 spiro atoms. The number of hydrogen-bond acceptors (Lipinski definition) is 8. The Morgan fingerprint density at radius 3 is 2.60 bits per heavy atom. The number of anilines is 2. The predicted molar refractivity (Wildman–Crippen MR) is 144 cm³/mol. The molecular formula is C28H29F2N7O3. The standard InChI is InChI=1S/C28H29F2N7O3/c1-5-40-17-10-20(29)19(21(30)11-17)14-37-25(16-6-7-16)15(2)24(36-37)27-33-13-23(39-4)26(35-27)34-22-8-9-32-12-18(22)28(38)31-3/h8-13,16H,5-7,14H2,1-4H3,(H,31,38)(H,32,33,34,35). The second kappa shape index (κ2) is 11.2. The van der Waals surface area contributed by atoms with Crippen molar-refractivity contribution in [1.29, 1.82) is 0 Å². The van der Waals surface area contributed by atoms with Crippen molar-refractivity contribution in [3.63, 3.8) is 0 Å². The van der Waals surface area contributed by atoms with Crippen LogP contribution < -0.4 is 20.1 Å². The third kappa shape index (κ3) is 5.29. The van der Waals surface area contributed by atoms with Crippen LogP contribution in [0.1, 0.15) is 52.9 Å². The highest BCUT2D eigenvalue weighted by molar-refractivity contribution is 5.99. The lowest BCUT2D eigenvalue weighted by Gasteiger charge is -2.13. The molecule has 1 aromatic carbocycles. The number of rotatable bonds is 10. The highest BCUT2D eigenvalue weighted by Gasteiger charge is 2.32. The molecule has 12 heteroatoms. The van der Waals surface area contributed by atoms with E-state index in [0.29, 0.717) is 40.9 Å². The molecule has 0 atom stereocenters. The number of ether oxygens (including phenoxy) is 2. The van der Waals surface area contributed by atoms with Crippen molar-refractivity contribution in [1.82, 2.24) is 30.0 Å². The molecule has 3 aromatic heterocycles. The van der Waals surface area contributed by atoms with Crippen molar-refractivity contribution in [3.05, 3.63) is 70.8 Å². The van der Waals surface area contributed by atoms with E-state index in [2.05, 4.69) is 25.6 Å². The molecule has 208 valence electrons. The molecule has 2 N–H and O–H groups in total. The monoisotopic (exact) mass is 549 g/mol. The van der Waals surface area contributed by atoms with E-state index in [9.17, 15) is 13.6 Å². The summed E-state index contributed by atoms with van der Waals surface area (Å²) in [5, 5.41) is 10.5. The van der Waals surface area contributed by atoms with E-state index >= 15 is 0 Å². The molecule has 0 bridgehead atoms. The van der Waals surface area contributed by atoms with Gasteiger partial charge in [0, 0.05) is 54.3 Å². The van der Waals surface area contributed by atoms with Gasteiger partial charge in [0.05, 0.1) is 37.7 Å². The number of pyridine rings is 1. The summed E-state index contributed by atoms with van der Waals surface area (Å²) >= 11 is 0. The van der Waals surface area contributed by atoms with Crippen LogP contribution in [0.5, 0.6) is 11.5 Å². The first-order chi connectivity index (χ1) is 19.3. The minimum Gasteiger partial charge on any atom is -0.494 e. The van der Waals surface area contributed by atoms with Gasteiger partial charge in [-0.2, -0.15) is 5.10 Å². The molecule has 5 rings (SSSR count). The molecule has 1 aliphatic rings. The van der Waals surface area contributed by atoms with Gasteiger partial charge in [0.1, 0.15) is 23.1 Å². The Bertz CT molecular complexity index is 1550. The first-order valence-corrected chi connectivity index (χ1v) is 12.9. The summed E-state index contributed by atoms with van der Waals surface area (Å²) in [7, 11) is 3.02.